The van der Waals surface area contributed by atoms with Gasteiger partial charge >= 0.3 is 0 Å². The summed E-state index contributed by atoms with van der Waals surface area (Å²) in [6.45, 7) is 3.95. The normalized spacial score (nSPS) is 19.1. The monoisotopic (exact) mass is 282 g/mol. The first-order valence-electron chi connectivity index (χ1n) is 6.73. The van der Waals surface area contributed by atoms with E-state index in [9.17, 15) is 8.42 Å². The fraction of sp³-hybridized carbons (Fsp3) is 0.571. The molecule has 0 bridgehead atoms. The Morgan fingerprint density at radius 2 is 1.95 bits per heavy atom. The quantitative estimate of drug-likeness (QED) is 0.839. The number of hydrogen-bond acceptors (Lipinski definition) is 3. The Morgan fingerprint density at radius 1 is 1.26 bits per heavy atom. The van der Waals surface area contributed by atoms with Crippen LogP contribution in [0.3, 0.4) is 0 Å². The van der Waals surface area contributed by atoms with Crippen molar-refractivity contribution in [2.45, 2.75) is 43.7 Å². The van der Waals surface area contributed by atoms with Crippen molar-refractivity contribution < 1.29 is 8.42 Å². The molecule has 2 N–H and O–H groups in total. The summed E-state index contributed by atoms with van der Waals surface area (Å²) in [6, 6.07) is 7.27. The highest BCUT2D eigenvalue weighted by Gasteiger charge is 2.31. The molecule has 1 saturated carbocycles. The van der Waals surface area contributed by atoms with Crippen molar-refractivity contribution in [1.82, 2.24) is 10.0 Å². The van der Waals surface area contributed by atoms with E-state index < -0.39 is 10.0 Å². The molecule has 0 amide bonds. The average molecular weight is 282 g/mol. The van der Waals surface area contributed by atoms with Gasteiger partial charge in [0.15, 0.2) is 0 Å². The predicted molar refractivity (Wildman–Crippen MR) is 76.4 cm³/mol. The second-order valence-electron chi connectivity index (χ2n) is 5.33. The molecule has 1 aliphatic carbocycles. The summed E-state index contributed by atoms with van der Waals surface area (Å²) in [5.41, 5.74) is 0.976. The van der Waals surface area contributed by atoms with Gasteiger partial charge in [0, 0.05) is 12.1 Å². The molecule has 0 heterocycles. The highest BCUT2D eigenvalue weighted by molar-refractivity contribution is 7.89. The van der Waals surface area contributed by atoms with Crippen LogP contribution in [0.2, 0.25) is 0 Å². The fourth-order valence-electron chi connectivity index (χ4n) is 2.12. The van der Waals surface area contributed by atoms with Gasteiger partial charge < -0.3 is 5.32 Å². The molecule has 1 aromatic carbocycles. The van der Waals surface area contributed by atoms with Crippen molar-refractivity contribution in [2.24, 2.45) is 5.92 Å². The highest BCUT2D eigenvalue weighted by atomic mass is 32.2. The Bertz CT molecular complexity index is 538. The van der Waals surface area contributed by atoms with E-state index in [4.69, 9.17) is 0 Å². The maximum absolute atomic E-state index is 12.3. The van der Waals surface area contributed by atoms with E-state index in [1.807, 2.05) is 27.0 Å². The Morgan fingerprint density at radius 3 is 2.53 bits per heavy atom. The zero-order valence-electron chi connectivity index (χ0n) is 11.7. The lowest BCUT2D eigenvalue weighted by Gasteiger charge is -2.15. The van der Waals surface area contributed by atoms with Crippen LogP contribution in [-0.4, -0.2) is 21.5 Å². The summed E-state index contributed by atoms with van der Waals surface area (Å²) < 4.78 is 27.4. The number of nitrogens with one attached hydrogen (secondary N) is 2. The summed E-state index contributed by atoms with van der Waals surface area (Å²) in [5.74, 6) is 0.509. The van der Waals surface area contributed by atoms with Crippen molar-refractivity contribution in [1.29, 1.82) is 0 Å². The molecule has 2 rings (SSSR count). The molecule has 0 aromatic heterocycles. The Labute approximate surface area is 115 Å². The van der Waals surface area contributed by atoms with Gasteiger partial charge in [-0.15, -0.1) is 0 Å². The largest absolute Gasteiger partial charge is 0.313 e. The van der Waals surface area contributed by atoms with Crippen LogP contribution in [0.1, 0.15) is 38.3 Å². The van der Waals surface area contributed by atoms with E-state index in [0.717, 1.165) is 18.4 Å². The number of sulfonamides is 1. The molecule has 0 saturated heterocycles. The lowest BCUT2D eigenvalue weighted by atomic mass is 10.1. The molecule has 19 heavy (non-hydrogen) atoms. The molecule has 2 atom stereocenters. The van der Waals surface area contributed by atoms with Gasteiger partial charge in [0.05, 0.1) is 4.90 Å². The van der Waals surface area contributed by atoms with Crippen LogP contribution in [0.25, 0.3) is 0 Å². The van der Waals surface area contributed by atoms with Crippen molar-refractivity contribution in [3.63, 3.8) is 0 Å². The van der Waals surface area contributed by atoms with Crippen LogP contribution >= 0.6 is 0 Å². The van der Waals surface area contributed by atoms with Crippen molar-refractivity contribution >= 4 is 10.0 Å². The van der Waals surface area contributed by atoms with E-state index in [2.05, 4.69) is 10.0 Å². The minimum absolute atomic E-state index is 0.0235. The van der Waals surface area contributed by atoms with E-state index in [0.29, 0.717) is 10.8 Å². The van der Waals surface area contributed by atoms with Gasteiger partial charge in [0.2, 0.25) is 10.0 Å². The first-order valence-corrected chi connectivity index (χ1v) is 8.22. The Balaban J connectivity index is 2.19. The number of hydrogen-bond donors (Lipinski definition) is 2. The SMILES string of the molecule is CNC(C)c1cccc(S(=O)(=O)NC(C)C2CC2)c1. The Kier molecular flexibility index (Phi) is 4.28. The van der Waals surface area contributed by atoms with Crippen molar-refractivity contribution in [3.8, 4) is 0 Å². The van der Waals surface area contributed by atoms with Crippen molar-refractivity contribution in [3.05, 3.63) is 29.8 Å². The molecule has 4 nitrogen and oxygen atoms in total. The van der Waals surface area contributed by atoms with Gasteiger partial charge in [-0.25, -0.2) is 13.1 Å². The van der Waals surface area contributed by atoms with Crippen LogP contribution in [0.15, 0.2) is 29.2 Å². The van der Waals surface area contributed by atoms with Crippen LogP contribution in [0.4, 0.5) is 0 Å². The van der Waals surface area contributed by atoms with E-state index >= 15 is 0 Å². The molecule has 2 unspecified atom stereocenters. The third-order valence-electron chi connectivity index (χ3n) is 3.77. The fourth-order valence-corrected chi connectivity index (χ4v) is 3.49. The maximum atomic E-state index is 12.3. The minimum atomic E-state index is -3.41. The molecule has 1 aromatic rings. The van der Waals surface area contributed by atoms with E-state index in [1.54, 1.807) is 18.2 Å². The molecule has 106 valence electrons. The first-order chi connectivity index (χ1) is 8.94. The third kappa shape index (κ3) is 3.55. The van der Waals surface area contributed by atoms with Crippen LogP contribution in [0.5, 0.6) is 0 Å². The predicted octanol–water partition coefficient (Wildman–Crippen LogP) is 2.04. The van der Waals surface area contributed by atoms with Crippen molar-refractivity contribution in [2.75, 3.05) is 7.05 Å². The summed E-state index contributed by atoms with van der Waals surface area (Å²) in [7, 11) is -1.55. The molecule has 1 aliphatic rings. The molecular formula is C14H22N2O2S. The first kappa shape index (κ1) is 14.5. The molecule has 0 radical (unpaired) electrons. The summed E-state index contributed by atoms with van der Waals surface area (Å²) in [6.07, 6.45) is 2.25. The smallest absolute Gasteiger partial charge is 0.240 e. The molecular weight excluding hydrogens is 260 g/mol. The topological polar surface area (TPSA) is 58.2 Å². The van der Waals surface area contributed by atoms with E-state index in [1.165, 1.54) is 0 Å². The van der Waals surface area contributed by atoms with Gasteiger partial charge in [-0.05, 0) is 57.4 Å². The molecule has 0 spiro atoms. The minimum Gasteiger partial charge on any atom is -0.313 e. The molecule has 0 aliphatic heterocycles. The van der Waals surface area contributed by atoms with Gasteiger partial charge in [-0.1, -0.05) is 12.1 Å². The summed E-state index contributed by atoms with van der Waals surface area (Å²) >= 11 is 0. The van der Waals surface area contributed by atoms with Gasteiger partial charge in [-0.2, -0.15) is 0 Å². The molecule has 5 heteroatoms. The second kappa shape index (κ2) is 5.61. The standard InChI is InChI=1S/C14H22N2O2S/c1-10(15-3)13-5-4-6-14(9-13)19(17,18)16-11(2)12-7-8-12/h4-6,9-12,15-16H,7-8H2,1-3H3. The molecule has 1 fully saturated rings. The number of benzene rings is 1. The number of rotatable bonds is 6. The van der Waals surface area contributed by atoms with Crippen LogP contribution in [-0.2, 0) is 10.0 Å². The maximum Gasteiger partial charge on any atom is 0.240 e. The van der Waals surface area contributed by atoms with Crippen LogP contribution < -0.4 is 10.0 Å². The summed E-state index contributed by atoms with van der Waals surface area (Å²) in [4.78, 5) is 0.347. The lowest BCUT2D eigenvalue weighted by Crippen LogP contribution is -2.34. The lowest BCUT2D eigenvalue weighted by molar-refractivity contribution is 0.537. The van der Waals surface area contributed by atoms with Crippen LogP contribution in [0, 0.1) is 5.92 Å². The highest BCUT2D eigenvalue weighted by Crippen LogP contribution is 2.33. The zero-order valence-corrected chi connectivity index (χ0v) is 12.5. The zero-order chi connectivity index (χ0) is 14.0. The summed E-state index contributed by atoms with van der Waals surface area (Å²) in [5, 5.41) is 3.11. The van der Waals surface area contributed by atoms with Gasteiger partial charge in [-0.3, -0.25) is 0 Å². The average Bonchev–Trinajstić information content (AvgIpc) is 3.21. The Hall–Kier alpha value is -0.910. The second-order valence-corrected chi connectivity index (χ2v) is 7.04. The van der Waals surface area contributed by atoms with Gasteiger partial charge in [0.25, 0.3) is 0 Å². The third-order valence-corrected chi connectivity index (χ3v) is 5.33. The van der Waals surface area contributed by atoms with Gasteiger partial charge in [0.1, 0.15) is 0 Å². The van der Waals surface area contributed by atoms with E-state index in [-0.39, 0.29) is 12.1 Å².